The Bertz CT molecular complexity index is 450. The number of nitrogens with zero attached hydrogens (tertiary/aromatic N) is 2. The lowest BCUT2D eigenvalue weighted by Gasteiger charge is -2.26. The Morgan fingerprint density at radius 2 is 2.00 bits per heavy atom. The molecule has 2 rings (SSSR count). The summed E-state index contributed by atoms with van der Waals surface area (Å²) in [5.41, 5.74) is 2.60. The van der Waals surface area contributed by atoms with Crippen LogP contribution in [0.1, 0.15) is 58.1 Å². The fourth-order valence-electron chi connectivity index (χ4n) is 2.59. The van der Waals surface area contributed by atoms with Crippen molar-refractivity contribution in [2.45, 2.75) is 72.5 Å². The van der Waals surface area contributed by atoms with E-state index in [4.69, 9.17) is 4.98 Å². The predicted octanol–water partition coefficient (Wildman–Crippen LogP) is 3.90. The van der Waals surface area contributed by atoms with Crippen molar-refractivity contribution in [3.05, 3.63) is 23.4 Å². The Labute approximate surface area is 130 Å². The van der Waals surface area contributed by atoms with Gasteiger partial charge in [0.25, 0.3) is 0 Å². The fraction of sp³-hybridized carbons (Fsp3) is 0.722. The zero-order chi connectivity index (χ0) is 15.4. The molecule has 0 bridgehead atoms. The summed E-state index contributed by atoms with van der Waals surface area (Å²) in [4.78, 5) is 7.32. The molecule has 21 heavy (non-hydrogen) atoms. The molecule has 1 aliphatic carbocycles. The lowest BCUT2D eigenvalue weighted by molar-refractivity contribution is 0.567. The first-order valence-electron chi connectivity index (χ1n) is 8.43. The highest BCUT2D eigenvalue weighted by Gasteiger charge is 2.30. The maximum absolute atomic E-state index is 4.78. The Morgan fingerprint density at radius 1 is 1.29 bits per heavy atom. The fourth-order valence-corrected chi connectivity index (χ4v) is 2.59. The molecule has 1 aromatic heterocycles. The zero-order valence-electron chi connectivity index (χ0n) is 14.3. The third kappa shape index (κ3) is 4.99. The van der Waals surface area contributed by atoms with Crippen LogP contribution in [0, 0.1) is 12.8 Å². The number of rotatable bonds is 8. The van der Waals surface area contributed by atoms with E-state index in [-0.39, 0.29) is 0 Å². The van der Waals surface area contributed by atoms with E-state index in [9.17, 15) is 0 Å². The first kappa shape index (κ1) is 16.3. The van der Waals surface area contributed by atoms with Crippen molar-refractivity contribution in [1.82, 2.24) is 10.3 Å². The van der Waals surface area contributed by atoms with E-state index >= 15 is 0 Å². The Kier molecular flexibility index (Phi) is 5.63. The number of pyridine rings is 1. The Morgan fingerprint density at radius 3 is 2.52 bits per heavy atom. The summed E-state index contributed by atoms with van der Waals surface area (Å²) in [6, 6.07) is 3.54. The van der Waals surface area contributed by atoms with Crippen LogP contribution in [0.4, 0.5) is 5.82 Å². The quantitative estimate of drug-likeness (QED) is 0.786. The Balaban J connectivity index is 2.06. The van der Waals surface area contributed by atoms with Gasteiger partial charge in [-0.25, -0.2) is 4.98 Å². The minimum atomic E-state index is 0.513. The smallest absolute Gasteiger partial charge is 0.131 e. The van der Waals surface area contributed by atoms with E-state index in [2.05, 4.69) is 50.9 Å². The minimum absolute atomic E-state index is 0.513. The molecule has 0 aromatic carbocycles. The summed E-state index contributed by atoms with van der Waals surface area (Å²) < 4.78 is 0. The van der Waals surface area contributed by atoms with Gasteiger partial charge in [-0.3, -0.25) is 0 Å². The van der Waals surface area contributed by atoms with Crippen LogP contribution in [0.15, 0.2) is 12.3 Å². The van der Waals surface area contributed by atoms with Gasteiger partial charge >= 0.3 is 0 Å². The number of aryl methyl sites for hydroxylation is 1. The van der Waals surface area contributed by atoms with Crippen LogP contribution >= 0.6 is 0 Å². The number of nitrogens with one attached hydrogen (secondary N) is 1. The molecule has 0 atom stereocenters. The topological polar surface area (TPSA) is 28.2 Å². The standard InChI is InChI=1S/C18H31N3/c1-13(2)8-9-21(17-6-7-17)18-15(5)10-16(12-20-18)11-19-14(3)4/h10,12-14,17,19H,6-9,11H2,1-5H3. The van der Waals surface area contributed by atoms with Gasteiger partial charge in [0.05, 0.1) is 0 Å². The van der Waals surface area contributed by atoms with Gasteiger partial charge in [-0.1, -0.05) is 27.7 Å². The van der Waals surface area contributed by atoms with Gasteiger partial charge < -0.3 is 10.2 Å². The first-order chi connectivity index (χ1) is 9.97. The number of hydrogen-bond acceptors (Lipinski definition) is 3. The Hall–Kier alpha value is -1.09. The van der Waals surface area contributed by atoms with E-state index in [0.29, 0.717) is 6.04 Å². The molecule has 0 spiro atoms. The van der Waals surface area contributed by atoms with Gasteiger partial charge in [0, 0.05) is 31.4 Å². The molecule has 1 heterocycles. The monoisotopic (exact) mass is 289 g/mol. The summed E-state index contributed by atoms with van der Waals surface area (Å²) in [6.45, 7) is 13.2. The van der Waals surface area contributed by atoms with Crippen LogP contribution in [0.5, 0.6) is 0 Å². The molecule has 0 aliphatic heterocycles. The molecule has 1 saturated carbocycles. The van der Waals surface area contributed by atoms with Crippen LogP contribution in [0.25, 0.3) is 0 Å². The average Bonchev–Trinajstić information content (AvgIpc) is 3.22. The van der Waals surface area contributed by atoms with Crippen LogP contribution in [0.3, 0.4) is 0 Å². The lowest BCUT2D eigenvalue weighted by atomic mass is 10.1. The highest BCUT2D eigenvalue weighted by atomic mass is 15.2. The molecular weight excluding hydrogens is 258 g/mol. The first-order valence-corrected chi connectivity index (χ1v) is 8.43. The van der Waals surface area contributed by atoms with Crippen LogP contribution < -0.4 is 10.2 Å². The largest absolute Gasteiger partial charge is 0.353 e. The van der Waals surface area contributed by atoms with E-state index in [1.165, 1.54) is 36.2 Å². The molecule has 118 valence electrons. The van der Waals surface area contributed by atoms with Gasteiger partial charge in [0.1, 0.15) is 5.82 Å². The molecular formula is C18H31N3. The van der Waals surface area contributed by atoms with Gasteiger partial charge in [-0.05, 0) is 49.3 Å². The van der Waals surface area contributed by atoms with Crippen LogP contribution in [0.2, 0.25) is 0 Å². The second-order valence-electron chi connectivity index (χ2n) is 7.13. The van der Waals surface area contributed by atoms with E-state index in [1.54, 1.807) is 0 Å². The lowest BCUT2D eigenvalue weighted by Crippen LogP contribution is -2.29. The molecule has 1 fully saturated rings. The number of anilines is 1. The van der Waals surface area contributed by atoms with Crippen molar-refractivity contribution in [3.63, 3.8) is 0 Å². The minimum Gasteiger partial charge on any atom is -0.353 e. The summed E-state index contributed by atoms with van der Waals surface area (Å²) in [5, 5.41) is 3.46. The van der Waals surface area contributed by atoms with Crippen molar-refractivity contribution in [2.24, 2.45) is 5.92 Å². The van der Waals surface area contributed by atoms with Gasteiger partial charge in [0.15, 0.2) is 0 Å². The van der Waals surface area contributed by atoms with Crippen molar-refractivity contribution in [3.8, 4) is 0 Å². The van der Waals surface area contributed by atoms with Gasteiger partial charge in [-0.2, -0.15) is 0 Å². The third-order valence-corrected chi connectivity index (χ3v) is 4.03. The van der Waals surface area contributed by atoms with Gasteiger partial charge in [0.2, 0.25) is 0 Å². The summed E-state index contributed by atoms with van der Waals surface area (Å²) in [5.74, 6) is 1.95. The van der Waals surface area contributed by atoms with Crippen molar-refractivity contribution < 1.29 is 0 Å². The summed E-state index contributed by atoms with van der Waals surface area (Å²) in [7, 11) is 0. The summed E-state index contributed by atoms with van der Waals surface area (Å²) >= 11 is 0. The highest BCUT2D eigenvalue weighted by Crippen LogP contribution is 2.32. The van der Waals surface area contributed by atoms with Crippen molar-refractivity contribution >= 4 is 5.82 Å². The second-order valence-corrected chi connectivity index (χ2v) is 7.13. The van der Waals surface area contributed by atoms with E-state index < -0.39 is 0 Å². The van der Waals surface area contributed by atoms with Crippen LogP contribution in [-0.2, 0) is 6.54 Å². The predicted molar refractivity (Wildman–Crippen MR) is 90.8 cm³/mol. The van der Waals surface area contributed by atoms with Crippen molar-refractivity contribution in [2.75, 3.05) is 11.4 Å². The zero-order valence-corrected chi connectivity index (χ0v) is 14.3. The molecule has 0 amide bonds. The van der Waals surface area contributed by atoms with Crippen molar-refractivity contribution in [1.29, 1.82) is 0 Å². The molecule has 1 aromatic rings. The molecule has 0 saturated heterocycles. The molecule has 1 N–H and O–H groups in total. The average molecular weight is 289 g/mol. The van der Waals surface area contributed by atoms with Gasteiger partial charge in [-0.15, -0.1) is 0 Å². The molecule has 3 nitrogen and oxygen atoms in total. The third-order valence-electron chi connectivity index (χ3n) is 4.03. The second kappa shape index (κ2) is 7.26. The normalized spacial score (nSPS) is 15.0. The van der Waals surface area contributed by atoms with E-state index in [0.717, 1.165) is 25.0 Å². The highest BCUT2D eigenvalue weighted by molar-refractivity contribution is 5.49. The SMILES string of the molecule is Cc1cc(CNC(C)C)cnc1N(CCC(C)C)C1CC1. The summed E-state index contributed by atoms with van der Waals surface area (Å²) in [6.07, 6.45) is 5.95. The van der Waals surface area contributed by atoms with E-state index in [1.807, 2.05) is 6.20 Å². The molecule has 0 unspecified atom stereocenters. The molecule has 0 radical (unpaired) electrons. The number of hydrogen-bond donors (Lipinski definition) is 1. The maximum Gasteiger partial charge on any atom is 0.131 e. The molecule has 3 heteroatoms. The maximum atomic E-state index is 4.78. The van der Waals surface area contributed by atoms with Crippen LogP contribution in [-0.4, -0.2) is 23.6 Å². The molecule has 1 aliphatic rings. The number of aromatic nitrogens is 1.